The van der Waals surface area contributed by atoms with E-state index in [4.69, 9.17) is 0 Å². The molecule has 2 amide bonds. The van der Waals surface area contributed by atoms with Gasteiger partial charge in [0.1, 0.15) is 5.82 Å². The molecule has 122 valence electrons. The lowest BCUT2D eigenvalue weighted by Gasteiger charge is -2.13. The molecule has 0 bridgehead atoms. The molecule has 0 saturated carbocycles. The molecule has 0 saturated heterocycles. The summed E-state index contributed by atoms with van der Waals surface area (Å²) in [7, 11) is 0. The van der Waals surface area contributed by atoms with Crippen molar-refractivity contribution in [2.45, 2.75) is 64.8 Å². The fourth-order valence-electron chi connectivity index (χ4n) is 2.17. The van der Waals surface area contributed by atoms with E-state index in [0.29, 0.717) is 25.1 Å². The number of hydrogen-bond acceptors (Lipinski definition) is 3. The average Bonchev–Trinajstić information content (AvgIpc) is 2.48. The fraction of sp³-hybridized carbons (Fsp3) is 0.588. The van der Waals surface area contributed by atoms with E-state index in [9.17, 15) is 9.59 Å². The zero-order valence-corrected chi connectivity index (χ0v) is 13.6. The number of carbonyl (C=O) groups is 2. The third-order valence-electron chi connectivity index (χ3n) is 3.39. The van der Waals surface area contributed by atoms with Crippen LogP contribution in [0.15, 0.2) is 24.4 Å². The number of aromatic nitrogens is 1. The lowest BCUT2D eigenvalue weighted by atomic mass is 10.1. The lowest BCUT2D eigenvalue weighted by molar-refractivity contribution is -0.122. The van der Waals surface area contributed by atoms with Crippen LogP contribution in [0.3, 0.4) is 0 Å². The van der Waals surface area contributed by atoms with Gasteiger partial charge < -0.3 is 10.6 Å². The van der Waals surface area contributed by atoms with Gasteiger partial charge in [0.05, 0.1) is 0 Å². The highest BCUT2D eigenvalue weighted by molar-refractivity contribution is 5.90. The Bertz CT molecular complexity index is 448. The van der Waals surface area contributed by atoms with E-state index in [1.807, 2.05) is 13.0 Å². The first-order valence-corrected chi connectivity index (χ1v) is 8.12. The Kier molecular flexibility index (Phi) is 8.88. The minimum atomic E-state index is -0.109. The zero-order chi connectivity index (χ0) is 16.2. The molecule has 1 aromatic rings. The van der Waals surface area contributed by atoms with Crippen molar-refractivity contribution in [2.75, 3.05) is 5.32 Å². The van der Waals surface area contributed by atoms with E-state index < -0.39 is 0 Å². The maximum absolute atomic E-state index is 11.8. The van der Waals surface area contributed by atoms with Crippen molar-refractivity contribution in [3.8, 4) is 0 Å². The van der Waals surface area contributed by atoms with Crippen molar-refractivity contribution in [3.63, 3.8) is 0 Å². The van der Waals surface area contributed by atoms with Crippen molar-refractivity contribution in [1.82, 2.24) is 10.3 Å². The van der Waals surface area contributed by atoms with Gasteiger partial charge in [0.15, 0.2) is 0 Å². The maximum atomic E-state index is 11.8. The summed E-state index contributed by atoms with van der Waals surface area (Å²) < 4.78 is 0. The number of rotatable bonds is 10. The largest absolute Gasteiger partial charge is 0.354 e. The summed E-state index contributed by atoms with van der Waals surface area (Å²) in [6, 6.07) is 5.56. The van der Waals surface area contributed by atoms with Gasteiger partial charge in [0, 0.05) is 25.1 Å². The van der Waals surface area contributed by atoms with Crippen molar-refractivity contribution in [1.29, 1.82) is 0 Å². The van der Waals surface area contributed by atoms with Gasteiger partial charge in [-0.2, -0.15) is 0 Å². The summed E-state index contributed by atoms with van der Waals surface area (Å²) >= 11 is 0. The number of anilines is 1. The molecule has 0 aromatic carbocycles. The summed E-state index contributed by atoms with van der Waals surface area (Å²) in [4.78, 5) is 27.5. The normalized spacial score (nSPS) is 11.7. The highest BCUT2D eigenvalue weighted by atomic mass is 16.2. The number of nitrogens with zero attached hydrogens (tertiary/aromatic N) is 1. The van der Waals surface area contributed by atoms with Gasteiger partial charge in [0.2, 0.25) is 11.8 Å². The summed E-state index contributed by atoms with van der Waals surface area (Å²) in [5, 5.41) is 5.69. The predicted octanol–water partition coefficient (Wildman–Crippen LogP) is 3.28. The lowest BCUT2D eigenvalue weighted by Crippen LogP contribution is -2.32. The molecule has 0 aliphatic heterocycles. The van der Waals surface area contributed by atoms with Gasteiger partial charge in [-0.25, -0.2) is 4.98 Å². The minimum absolute atomic E-state index is 0.0228. The molecule has 22 heavy (non-hydrogen) atoms. The highest BCUT2D eigenvalue weighted by Crippen LogP contribution is 2.05. The topological polar surface area (TPSA) is 71.1 Å². The van der Waals surface area contributed by atoms with E-state index in [1.54, 1.807) is 18.3 Å². The third kappa shape index (κ3) is 8.39. The van der Waals surface area contributed by atoms with Crippen LogP contribution in [0.5, 0.6) is 0 Å². The summed E-state index contributed by atoms with van der Waals surface area (Å²) in [5.41, 5.74) is 0. The first-order chi connectivity index (χ1) is 10.6. The Hall–Kier alpha value is -1.91. The van der Waals surface area contributed by atoms with Crippen LogP contribution < -0.4 is 10.6 Å². The molecule has 1 heterocycles. The Labute approximate surface area is 132 Å². The third-order valence-corrected chi connectivity index (χ3v) is 3.39. The standard InChI is InChI=1S/C17H27N3O2/c1-3-4-5-9-14(2)19-16(21)11-8-12-17(22)20-15-10-6-7-13-18-15/h6-7,10,13-14H,3-5,8-9,11-12H2,1-2H3,(H,19,21)(H,18,20,22)/t14-/m1/s1. The molecule has 0 spiro atoms. The molecule has 0 fully saturated rings. The monoisotopic (exact) mass is 305 g/mol. The van der Waals surface area contributed by atoms with E-state index >= 15 is 0 Å². The number of pyridine rings is 1. The number of hydrogen-bond donors (Lipinski definition) is 2. The Balaban J connectivity index is 2.12. The average molecular weight is 305 g/mol. The van der Waals surface area contributed by atoms with Gasteiger partial charge in [-0.15, -0.1) is 0 Å². The molecule has 2 N–H and O–H groups in total. The van der Waals surface area contributed by atoms with Gasteiger partial charge in [-0.05, 0) is 31.9 Å². The second kappa shape index (κ2) is 10.8. The van der Waals surface area contributed by atoms with Crippen LogP contribution in [-0.4, -0.2) is 22.8 Å². The molecular formula is C17H27N3O2. The Morgan fingerprint density at radius 3 is 2.59 bits per heavy atom. The predicted molar refractivity (Wildman–Crippen MR) is 88.5 cm³/mol. The van der Waals surface area contributed by atoms with Crippen molar-refractivity contribution in [2.24, 2.45) is 0 Å². The van der Waals surface area contributed by atoms with Gasteiger partial charge in [0.25, 0.3) is 0 Å². The highest BCUT2D eigenvalue weighted by Gasteiger charge is 2.09. The van der Waals surface area contributed by atoms with E-state index in [2.05, 4.69) is 22.5 Å². The van der Waals surface area contributed by atoms with Crippen LogP contribution in [0.2, 0.25) is 0 Å². The Morgan fingerprint density at radius 2 is 1.91 bits per heavy atom. The number of amides is 2. The first kappa shape index (κ1) is 18.1. The SMILES string of the molecule is CCCCC[C@@H](C)NC(=O)CCCC(=O)Nc1ccccn1. The van der Waals surface area contributed by atoms with Crippen LogP contribution >= 0.6 is 0 Å². The van der Waals surface area contributed by atoms with Crippen LogP contribution in [-0.2, 0) is 9.59 Å². The summed E-state index contributed by atoms with van der Waals surface area (Å²) in [5.74, 6) is 0.457. The molecule has 5 heteroatoms. The molecule has 1 rings (SSSR count). The molecule has 5 nitrogen and oxygen atoms in total. The fourth-order valence-corrected chi connectivity index (χ4v) is 2.17. The van der Waals surface area contributed by atoms with Crippen molar-refractivity contribution in [3.05, 3.63) is 24.4 Å². The van der Waals surface area contributed by atoms with E-state index in [1.165, 1.54) is 12.8 Å². The summed E-state index contributed by atoms with van der Waals surface area (Å²) in [6.45, 7) is 4.20. The van der Waals surface area contributed by atoms with Gasteiger partial charge >= 0.3 is 0 Å². The molecule has 0 aliphatic rings. The van der Waals surface area contributed by atoms with Gasteiger partial charge in [-0.3, -0.25) is 9.59 Å². The van der Waals surface area contributed by atoms with Crippen LogP contribution in [0.25, 0.3) is 0 Å². The number of nitrogens with one attached hydrogen (secondary N) is 2. The maximum Gasteiger partial charge on any atom is 0.225 e. The van der Waals surface area contributed by atoms with Crippen LogP contribution in [0, 0.1) is 0 Å². The van der Waals surface area contributed by atoms with Gasteiger partial charge in [-0.1, -0.05) is 32.3 Å². The van der Waals surface area contributed by atoms with E-state index in [-0.39, 0.29) is 17.9 Å². The molecule has 0 unspecified atom stereocenters. The second-order valence-electron chi connectivity index (χ2n) is 5.58. The quantitative estimate of drug-likeness (QED) is 0.652. The molecule has 1 atom stereocenters. The molecule has 1 aromatic heterocycles. The first-order valence-electron chi connectivity index (χ1n) is 8.12. The van der Waals surface area contributed by atoms with Crippen LogP contribution in [0.4, 0.5) is 5.82 Å². The molecule has 0 aliphatic carbocycles. The zero-order valence-electron chi connectivity index (χ0n) is 13.6. The smallest absolute Gasteiger partial charge is 0.225 e. The van der Waals surface area contributed by atoms with Crippen molar-refractivity contribution < 1.29 is 9.59 Å². The number of unbranched alkanes of at least 4 members (excludes halogenated alkanes) is 2. The second-order valence-corrected chi connectivity index (χ2v) is 5.58. The van der Waals surface area contributed by atoms with E-state index in [0.717, 1.165) is 12.8 Å². The van der Waals surface area contributed by atoms with Crippen molar-refractivity contribution >= 4 is 17.6 Å². The summed E-state index contributed by atoms with van der Waals surface area (Å²) in [6.07, 6.45) is 7.43. The minimum Gasteiger partial charge on any atom is -0.354 e. The van der Waals surface area contributed by atoms with Crippen LogP contribution in [0.1, 0.15) is 58.8 Å². The number of carbonyl (C=O) groups excluding carboxylic acids is 2. The Morgan fingerprint density at radius 1 is 1.14 bits per heavy atom. The molecular weight excluding hydrogens is 278 g/mol. The molecule has 0 radical (unpaired) electrons.